The van der Waals surface area contributed by atoms with Gasteiger partial charge in [0.15, 0.2) is 0 Å². The molecule has 0 radical (unpaired) electrons. The first-order valence-electron chi connectivity index (χ1n) is 17.3. The Balaban J connectivity index is 0.00000583. The average molecular weight is 712 g/mol. The fourth-order valence-electron chi connectivity index (χ4n) is 7.29. The molecule has 0 amide bonds. The number of aryl methyl sites for hydroxylation is 6. The van der Waals surface area contributed by atoms with E-state index in [-0.39, 0.29) is 52.0 Å². The van der Waals surface area contributed by atoms with Crippen molar-refractivity contribution >= 4 is 38.6 Å². The van der Waals surface area contributed by atoms with Gasteiger partial charge in [0.05, 0.1) is 4.90 Å². The van der Waals surface area contributed by atoms with Crippen molar-refractivity contribution in [2.24, 2.45) is 0 Å². The molecular weight excluding hydrogens is 662 g/mol. The van der Waals surface area contributed by atoms with Gasteiger partial charge in [-0.05, 0) is 128 Å². The Hall–Kier alpha value is -3.59. The number of anilines is 5. The van der Waals surface area contributed by atoms with E-state index in [1.807, 2.05) is 12.1 Å². The maximum Gasteiger partial charge on any atom is 1.00 e. The molecule has 51 heavy (non-hydrogen) atoms. The predicted molar refractivity (Wildman–Crippen MR) is 209 cm³/mol. The molecule has 262 valence electrons. The molecule has 5 rings (SSSR count). The standard InChI is InChI=1S/C43H51N3O3S.Na/c1-24(2)36-21-32(11-15-38(36)45-42-28(7)17-26(5)18-29(42)8)41(35-14-13-34(44)23-40(35)50(47,48)49)33-12-16-39(37(22-33)25(3)4)46-43-30(9)19-27(6)20-31(43)10;/h11-25,41,45-46H,44H2,1-10H3,(H,47,48,49);/q;+1/p-1. The second kappa shape index (κ2) is 16.0. The molecule has 0 aliphatic rings. The van der Waals surface area contributed by atoms with Gasteiger partial charge < -0.3 is 20.9 Å². The molecule has 0 aromatic heterocycles. The van der Waals surface area contributed by atoms with Crippen LogP contribution in [0.25, 0.3) is 0 Å². The van der Waals surface area contributed by atoms with Crippen LogP contribution in [0.2, 0.25) is 0 Å². The average Bonchev–Trinajstić information content (AvgIpc) is 3.01. The Labute approximate surface area is 327 Å². The van der Waals surface area contributed by atoms with E-state index < -0.39 is 16.0 Å². The van der Waals surface area contributed by atoms with Gasteiger partial charge in [0.25, 0.3) is 0 Å². The van der Waals surface area contributed by atoms with Crippen molar-refractivity contribution in [1.29, 1.82) is 0 Å². The minimum absolute atomic E-state index is 0. The molecule has 0 atom stereocenters. The summed E-state index contributed by atoms with van der Waals surface area (Å²) in [7, 11) is -4.85. The number of nitrogens with one attached hydrogen (secondary N) is 2. The van der Waals surface area contributed by atoms with Gasteiger partial charge >= 0.3 is 29.6 Å². The molecule has 0 unspecified atom stereocenters. The van der Waals surface area contributed by atoms with Crippen LogP contribution in [0.1, 0.15) is 107 Å². The van der Waals surface area contributed by atoms with Crippen LogP contribution in [-0.2, 0) is 10.1 Å². The summed E-state index contributed by atoms with van der Waals surface area (Å²) in [6.07, 6.45) is 0. The normalized spacial score (nSPS) is 11.6. The minimum Gasteiger partial charge on any atom is -0.744 e. The van der Waals surface area contributed by atoms with Crippen LogP contribution in [-0.4, -0.2) is 13.0 Å². The van der Waals surface area contributed by atoms with Crippen LogP contribution in [0, 0.1) is 41.5 Å². The third kappa shape index (κ3) is 8.90. The summed E-state index contributed by atoms with van der Waals surface area (Å²) < 4.78 is 38.3. The SMILES string of the molecule is Cc1cc(C)c(Nc2ccc(C(c3ccc(Nc4c(C)cc(C)cc4C)c(C(C)C)c3)c3ccc(N)cc3S(=O)(=O)[O-])cc2C(C)C)c(C)c1.[Na+]. The van der Waals surface area contributed by atoms with Crippen molar-refractivity contribution in [2.75, 3.05) is 16.4 Å². The van der Waals surface area contributed by atoms with E-state index in [9.17, 15) is 13.0 Å². The zero-order chi connectivity index (χ0) is 36.7. The molecule has 0 heterocycles. The molecule has 5 aromatic rings. The molecule has 0 saturated heterocycles. The largest absolute Gasteiger partial charge is 1.00 e. The van der Waals surface area contributed by atoms with Gasteiger partial charge in [-0.3, -0.25) is 0 Å². The van der Waals surface area contributed by atoms with Gasteiger partial charge in [-0.1, -0.05) is 93.4 Å². The van der Waals surface area contributed by atoms with E-state index >= 15 is 0 Å². The van der Waals surface area contributed by atoms with Gasteiger partial charge in [0.2, 0.25) is 0 Å². The molecule has 6 nitrogen and oxygen atoms in total. The Morgan fingerprint density at radius 1 is 0.569 bits per heavy atom. The third-order valence-electron chi connectivity index (χ3n) is 9.55. The van der Waals surface area contributed by atoms with E-state index in [0.717, 1.165) is 67.3 Å². The van der Waals surface area contributed by atoms with Crippen LogP contribution < -0.4 is 45.9 Å². The van der Waals surface area contributed by atoms with Crippen LogP contribution in [0.4, 0.5) is 28.4 Å². The quantitative estimate of drug-likeness (QED) is 0.0588. The predicted octanol–water partition coefficient (Wildman–Crippen LogP) is 7.94. The topological polar surface area (TPSA) is 107 Å². The molecule has 0 aliphatic carbocycles. The van der Waals surface area contributed by atoms with Gasteiger partial charge in [0.1, 0.15) is 10.1 Å². The Morgan fingerprint density at radius 2 is 0.961 bits per heavy atom. The zero-order valence-corrected chi connectivity index (χ0v) is 34.8. The Morgan fingerprint density at radius 3 is 1.31 bits per heavy atom. The molecule has 0 fully saturated rings. The number of benzene rings is 5. The first-order valence-corrected chi connectivity index (χ1v) is 18.7. The fourth-order valence-corrected chi connectivity index (χ4v) is 8.04. The molecule has 8 heteroatoms. The van der Waals surface area contributed by atoms with Crippen LogP contribution in [0.5, 0.6) is 0 Å². The summed E-state index contributed by atoms with van der Waals surface area (Å²) in [5.41, 5.74) is 21.8. The minimum atomic E-state index is -4.85. The Bertz CT molecular complexity index is 2030. The monoisotopic (exact) mass is 711 g/mol. The fraction of sp³-hybridized carbons (Fsp3) is 0.302. The van der Waals surface area contributed by atoms with Gasteiger partial charge in [-0.15, -0.1) is 0 Å². The second-order valence-electron chi connectivity index (χ2n) is 14.5. The molecule has 0 aliphatic heterocycles. The van der Waals surface area contributed by atoms with E-state index in [0.29, 0.717) is 5.56 Å². The van der Waals surface area contributed by atoms with Crippen molar-refractivity contribution in [3.63, 3.8) is 0 Å². The van der Waals surface area contributed by atoms with E-state index in [2.05, 4.69) is 128 Å². The molecule has 0 bridgehead atoms. The van der Waals surface area contributed by atoms with Crippen LogP contribution in [0.3, 0.4) is 0 Å². The number of hydrogen-bond acceptors (Lipinski definition) is 6. The summed E-state index contributed by atoms with van der Waals surface area (Å²) in [5, 5.41) is 7.41. The molecule has 4 N–H and O–H groups in total. The van der Waals surface area contributed by atoms with Crippen LogP contribution >= 0.6 is 0 Å². The number of hydrogen-bond donors (Lipinski definition) is 3. The van der Waals surface area contributed by atoms with Crippen molar-refractivity contribution < 1.29 is 42.5 Å². The Kier molecular flexibility index (Phi) is 12.6. The number of rotatable bonds is 10. The first-order chi connectivity index (χ1) is 23.4. The van der Waals surface area contributed by atoms with Crippen molar-refractivity contribution in [2.45, 2.75) is 91.9 Å². The summed E-state index contributed by atoms with van der Waals surface area (Å²) >= 11 is 0. The summed E-state index contributed by atoms with van der Waals surface area (Å²) in [6.45, 7) is 21.2. The van der Waals surface area contributed by atoms with Crippen LogP contribution in [0.15, 0.2) is 83.8 Å². The molecule has 0 saturated carbocycles. The van der Waals surface area contributed by atoms with E-state index in [1.165, 1.54) is 17.2 Å². The molecule has 5 aromatic carbocycles. The van der Waals surface area contributed by atoms with Gasteiger partial charge in [0, 0.05) is 34.4 Å². The third-order valence-corrected chi connectivity index (χ3v) is 10.4. The second-order valence-corrected chi connectivity index (χ2v) is 15.8. The number of nitrogens with two attached hydrogens (primary N) is 1. The number of nitrogen functional groups attached to an aromatic ring is 1. The van der Waals surface area contributed by atoms with E-state index in [1.54, 1.807) is 12.1 Å². The smallest absolute Gasteiger partial charge is 0.744 e. The maximum absolute atomic E-state index is 12.8. The van der Waals surface area contributed by atoms with Gasteiger partial charge in [-0.2, -0.15) is 0 Å². The van der Waals surface area contributed by atoms with Crippen molar-refractivity contribution in [3.8, 4) is 0 Å². The zero-order valence-electron chi connectivity index (χ0n) is 31.9. The van der Waals surface area contributed by atoms with Crippen molar-refractivity contribution in [3.05, 3.63) is 140 Å². The maximum atomic E-state index is 12.8. The first kappa shape index (κ1) is 40.2. The summed E-state index contributed by atoms with van der Waals surface area (Å²) in [6, 6.07) is 25.8. The van der Waals surface area contributed by atoms with Crippen molar-refractivity contribution in [1.82, 2.24) is 0 Å². The molecule has 0 spiro atoms. The summed E-state index contributed by atoms with van der Waals surface area (Å²) in [5.74, 6) is -0.257. The van der Waals surface area contributed by atoms with Gasteiger partial charge in [-0.25, -0.2) is 8.42 Å². The molecular formula is C43H50N3NaO3S. The summed E-state index contributed by atoms with van der Waals surface area (Å²) in [4.78, 5) is -0.305. The van der Waals surface area contributed by atoms with E-state index in [4.69, 9.17) is 5.73 Å².